The molecule has 2 aliphatic rings. The van der Waals surface area contributed by atoms with Crippen LogP contribution in [-0.2, 0) is 19.6 Å². The van der Waals surface area contributed by atoms with Crippen LogP contribution in [0, 0.1) is 5.92 Å². The molecule has 1 aromatic carbocycles. The Morgan fingerprint density at radius 2 is 1.96 bits per heavy atom. The van der Waals surface area contributed by atoms with Gasteiger partial charge in [0.15, 0.2) is 0 Å². The van der Waals surface area contributed by atoms with Gasteiger partial charge in [-0.15, -0.1) is 0 Å². The van der Waals surface area contributed by atoms with E-state index in [9.17, 15) is 18.0 Å². The van der Waals surface area contributed by atoms with Gasteiger partial charge in [0.2, 0.25) is 15.9 Å². The molecule has 3 rings (SSSR count). The van der Waals surface area contributed by atoms with Crippen molar-refractivity contribution in [2.45, 2.75) is 39.3 Å². The largest absolute Gasteiger partial charge is 0.374 e. The average Bonchev–Trinajstić information content (AvgIpc) is 2.76. The minimum absolute atomic E-state index is 0.0726. The molecule has 2 aliphatic heterocycles. The number of rotatable bonds is 2. The molecule has 2 fully saturated rings. The summed E-state index contributed by atoms with van der Waals surface area (Å²) in [7, 11) is -3.70. The van der Waals surface area contributed by atoms with Crippen LogP contribution in [-0.4, -0.2) is 55.7 Å². The molecule has 0 bridgehead atoms. The first-order chi connectivity index (χ1) is 12.0. The highest BCUT2D eigenvalue weighted by Gasteiger charge is 2.42. The predicted octanol–water partition coefficient (Wildman–Crippen LogP) is 1.64. The van der Waals surface area contributed by atoms with Gasteiger partial charge in [0.1, 0.15) is 0 Å². The lowest BCUT2D eigenvalue weighted by atomic mass is 9.99. The number of morpholine rings is 1. The van der Waals surface area contributed by atoms with Crippen molar-refractivity contribution in [3.8, 4) is 0 Å². The summed E-state index contributed by atoms with van der Waals surface area (Å²) in [5.41, 5.74) is 0.0976. The van der Waals surface area contributed by atoms with E-state index < -0.39 is 27.4 Å². The van der Waals surface area contributed by atoms with Gasteiger partial charge in [-0.1, -0.05) is 13.0 Å². The SMILES string of the molecule is CC1CN(C(=O)c2cccc(N3C(=O)C(C)CS3(=O)=O)c2)C(C)(C)CO1. The molecule has 1 aromatic rings. The monoisotopic (exact) mass is 380 g/mol. The molecule has 2 atom stereocenters. The van der Waals surface area contributed by atoms with Crippen molar-refractivity contribution in [3.63, 3.8) is 0 Å². The summed E-state index contributed by atoms with van der Waals surface area (Å²) in [5, 5.41) is 0. The Bertz CT molecular complexity index is 849. The Labute approximate surface area is 154 Å². The number of benzene rings is 1. The molecule has 7 nitrogen and oxygen atoms in total. The van der Waals surface area contributed by atoms with Crippen LogP contribution in [0.25, 0.3) is 0 Å². The van der Waals surface area contributed by atoms with Crippen LogP contribution >= 0.6 is 0 Å². The molecule has 0 saturated carbocycles. The maximum absolute atomic E-state index is 13.1. The lowest BCUT2D eigenvalue weighted by Crippen LogP contribution is -2.57. The van der Waals surface area contributed by atoms with Crippen molar-refractivity contribution in [3.05, 3.63) is 29.8 Å². The van der Waals surface area contributed by atoms with Gasteiger partial charge >= 0.3 is 0 Å². The van der Waals surface area contributed by atoms with Crippen molar-refractivity contribution in [1.29, 1.82) is 0 Å². The summed E-state index contributed by atoms with van der Waals surface area (Å²) in [4.78, 5) is 27.1. The van der Waals surface area contributed by atoms with Gasteiger partial charge in [0.25, 0.3) is 5.91 Å². The van der Waals surface area contributed by atoms with Crippen LogP contribution in [0.4, 0.5) is 5.69 Å². The highest BCUT2D eigenvalue weighted by atomic mass is 32.2. The molecule has 2 unspecified atom stereocenters. The lowest BCUT2D eigenvalue weighted by Gasteiger charge is -2.44. The molecule has 2 heterocycles. The summed E-state index contributed by atoms with van der Waals surface area (Å²) >= 11 is 0. The first-order valence-corrected chi connectivity index (χ1v) is 10.2. The van der Waals surface area contributed by atoms with Gasteiger partial charge < -0.3 is 9.64 Å². The molecular weight excluding hydrogens is 356 g/mol. The van der Waals surface area contributed by atoms with E-state index >= 15 is 0 Å². The normalized spacial score (nSPS) is 27.6. The third kappa shape index (κ3) is 3.23. The molecule has 26 heavy (non-hydrogen) atoms. The predicted molar refractivity (Wildman–Crippen MR) is 97.4 cm³/mol. The van der Waals surface area contributed by atoms with Crippen LogP contribution in [0.3, 0.4) is 0 Å². The summed E-state index contributed by atoms with van der Waals surface area (Å²) in [6.07, 6.45) is -0.0726. The summed E-state index contributed by atoms with van der Waals surface area (Å²) in [6, 6.07) is 6.26. The van der Waals surface area contributed by atoms with Crippen molar-refractivity contribution >= 4 is 27.5 Å². The van der Waals surface area contributed by atoms with Gasteiger partial charge in [-0.25, -0.2) is 12.7 Å². The number of carbonyl (C=O) groups is 2. The molecule has 0 spiro atoms. The van der Waals surface area contributed by atoms with E-state index in [1.165, 1.54) is 12.1 Å². The standard InChI is InChI=1S/C18H24N2O5S/c1-12-10-26(23,24)20(16(12)21)15-7-5-6-14(8-15)17(22)19-9-13(2)25-11-18(19,3)4/h5-8,12-13H,9-11H2,1-4H3. The smallest absolute Gasteiger partial charge is 0.254 e. The van der Waals surface area contributed by atoms with E-state index in [2.05, 4.69) is 0 Å². The summed E-state index contributed by atoms with van der Waals surface area (Å²) < 4.78 is 31.1. The molecule has 2 saturated heterocycles. The van der Waals surface area contributed by atoms with Gasteiger partial charge in [-0.3, -0.25) is 9.59 Å². The second-order valence-corrected chi connectivity index (χ2v) is 9.54. The fraction of sp³-hybridized carbons (Fsp3) is 0.556. The second kappa shape index (κ2) is 6.35. The minimum Gasteiger partial charge on any atom is -0.374 e. The fourth-order valence-corrected chi connectivity index (χ4v) is 5.16. The molecule has 0 N–H and O–H groups in total. The van der Waals surface area contributed by atoms with Gasteiger partial charge in [0, 0.05) is 12.1 Å². The molecule has 0 radical (unpaired) electrons. The quantitative estimate of drug-likeness (QED) is 0.779. The first-order valence-electron chi connectivity index (χ1n) is 8.63. The van der Waals surface area contributed by atoms with Crippen molar-refractivity contribution in [2.24, 2.45) is 5.92 Å². The van der Waals surface area contributed by atoms with Crippen LogP contribution < -0.4 is 4.31 Å². The molecule has 2 amide bonds. The Morgan fingerprint density at radius 3 is 2.58 bits per heavy atom. The zero-order valence-electron chi connectivity index (χ0n) is 15.4. The fourth-order valence-electron chi connectivity index (χ4n) is 3.35. The maximum atomic E-state index is 13.1. The number of ether oxygens (including phenoxy) is 1. The zero-order valence-corrected chi connectivity index (χ0v) is 16.2. The van der Waals surface area contributed by atoms with E-state index in [-0.39, 0.29) is 23.5 Å². The number of hydrogen-bond donors (Lipinski definition) is 0. The van der Waals surface area contributed by atoms with Gasteiger partial charge in [-0.05, 0) is 39.0 Å². The van der Waals surface area contributed by atoms with E-state index in [4.69, 9.17) is 4.74 Å². The van der Waals surface area contributed by atoms with Gasteiger partial charge in [-0.2, -0.15) is 0 Å². The van der Waals surface area contributed by atoms with Crippen LogP contribution in [0.5, 0.6) is 0 Å². The van der Waals surface area contributed by atoms with Crippen LogP contribution in [0.15, 0.2) is 24.3 Å². The second-order valence-electron chi connectivity index (χ2n) is 7.68. The number of carbonyl (C=O) groups excluding carboxylic acids is 2. The molecule has 0 aliphatic carbocycles. The minimum atomic E-state index is -3.70. The Balaban J connectivity index is 1.95. The topological polar surface area (TPSA) is 84.0 Å². The Hall–Kier alpha value is -1.93. The highest BCUT2D eigenvalue weighted by Crippen LogP contribution is 2.30. The number of nitrogens with zero attached hydrogens (tertiary/aromatic N) is 2. The van der Waals surface area contributed by atoms with E-state index in [1.807, 2.05) is 20.8 Å². The molecule has 0 aromatic heterocycles. The van der Waals surface area contributed by atoms with E-state index in [0.717, 1.165) is 4.31 Å². The number of anilines is 1. The molecule has 142 valence electrons. The number of amides is 2. The van der Waals surface area contributed by atoms with Gasteiger partial charge in [0.05, 0.1) is 35.6 Å². The average molecular weight is 380 g/mol. The summed E-state index contributed by atoms with van der Waals surface area (Å²) in [5.74, 6) is -1.46. The highest BCUT2D eigenvalue weighted by molar-refractivity contribution is 7.94. The van der Waals surface area contributed by atoms with Crippen LogP contribution in [0.1, 0.15) is 38.1 Å². The number of hydrogen-bond acceptors (Lipinski definition) is 5. The molecule has 8 heteroatoms. The lowest BCUT2D eigenvalue weighted by molar-refractivity contribution is -0.119. The Kier molecular flexibility index (Phi) is 4.60. The molecular formula is C18H24N2O5S. The maximum Gasteiger partial charge on any atom is 0.254 e. The van der Waals surface area contributed by atoms with E-state index in [0.29, 0.717) is 18.7 Å². The third-order valence-corrected chi connectivity index (χ3v) is 6.69. The summed E-state index contributed by atoms with van der Waals surface area (Å²) in [6.45, 7) is 8.23. The van der Waals surface area contributed by atoms with E-state index in [1.54, 1.807) is 24.0 Å². The third-order valence-electron chi connectivity index (χ3n) is 4.82. The zero-order chi connectivity index (χ0) is 19.3. The van der Waals surface area contributed by atoms with Crippen molar-refractivity contribution in [2.75, 3.05) is 23.2 Å². The first kappa shape index (κ1) is 18.8. The van der Waals surface area contributed by atoms with Crippen molar-refractivity contribution < 1.29 is 22.7 Å². The van der Waals surface area contributed by atoms with Crippen molar-refractivity contribution in [1.82, 2.24) is 4.90 Å². The Morgan fingerprint density at radius 1 is 1.27 bits per heavy atom. The van der Waals surface area contributed by atoms with Crippen LogP contribution in [0.2, 0.25) is 0 Å². The number of sulfonamides is 1.